The highest BCUT2D eigenvalue weighted by Crippen LogP contribution is 2.29. The predicted octanol–water partition coefficient (Wildman–Crippen LogP) is 4.86. The summed E-state index contributed by atoms with van der Waals surface area (Å²) in [5, 5.41) is 6.19. The molecule has 6 nitrogen and oxygen atoms in total. The van der Waals surface area contributed by atoms with Crippen molar-refractivity contribution in [1.82, 2.24) is 4.90 Å². The van der Waals surface area contributed by atoms with Gasteiger partial charge in [0.15, 0.2) is 0 Å². The van der Waals surface area contributed by atoms with E-state index in [-0.39, 0.29) is 17.7 Å². The van der Waals surface area contributed by atoms with Gasteiger partial charge in [-0.15, -0.1) is 0 Å². The fourth-order valence-corrected chi connectivity index (χ4v) is 4.76. The van der Waals surface area contributed by atoms with Gasteiger partial charge < -0.3 is 20.4 Å². The number of amides is 2. The monoisotopic (exact) mass is 454 g/mol. The summed E-state index contributed by atoms with van der Waals surface area (Å²) in [6.07, 6.45) is 5.21. The number of carbonyl (C=O) groups is 2. The Morgan fingerprint density at radius 1 is 1.00 bits per heavy atom. The van der Waals surface area contributed by atoms with Crippen LogP contribution in [0.25, 0.3) is 0 Å². The van der Waals surface area contributed by atoms with Crippen LogP contribution < -0.4 is 15.5 Å². The molecule has 0 radical (unpaired) electrons. The van der Waals surface area contributed by atoms with Gasteiger partial charge in [-0.1, -0.05) is 24.4 Å². The summed E-state index contributed by atoms with van der Waals surface area (Å²) in [5.41, 5.74) is 2.90. The van der Waals surface area contributed by atoms with Crippen LogP contribution in [-0.4, -0.2) is 49.9 Å². The molecule has 32 heavy (non-hydrogen) atoms. The van der Waals surface area contributed by atoms with E-state index in [0.29, 0.717) is 22.3 Å². The second kappa shape index (κ2) is 9.92. The molecule has 2 fully saturated rings. The van der Waals surface area contributed by atoms with Gasteiger partial charge >= 0.3 is 0 Å². The first kappa shape index (κ1) is 22.6. The van der Waals surface area contributed by atoms with Gasteiger partial charge in [0, 0.05) is 42.0 Å². The van der Waals surface area contributed by atoms with Crippen LogP contribution in [0.4, 0.5) is 17.1 Å². The molecule has 1 saturated heterocycles. The summed E-state index contributed by atoms with van der Waals surface area (Å²) in [4.78, 5) is 29.7. The quantitative estimate of drug-likeness (QED) is 0.654. The van der Waals surface area contributed by atoms with Crippen LogP contribution in [0.1, 0.15) is 42.5 Å². The largest absolute Gasteiger partial charge is 0.370 e. The second-order valence-corrected chi connectivity index (χ2v) is 9.43. The molecule has 0 aromatic heterocycles. The first-order valence-corrected chi connectivity index (χ1v) is 11.7. The zero-order valence-corrected chi connectivity index (χ0v) is 19.5. The molecule has 2 amide bonds. The van der Waals surface area contributed by atoms with Crippen LogP contribution in [0.3, 0.4) is 0 Å². The molecule has 1 saturated carbocycles. The Bertz CT molecular complexity index is 970. The van der Waals surface area contributed by atoms with E-state index in [1.807, 2.05) is 24.3 Å². The summed E-state index contributed by atoms with van der Waals surface area (Å²) in [6.45, 7) is 2.05. The second-order valence-electron chi connectivity index (χ2n) is 9.02. The lowest BCUT2D eigenvalue weighted by Gasteiger charge is -2.22. The van der Waals surface area contributed by atoms with Crippen molar-refractivity contribution in [2.45, 2.75) is 38.1 Å². The van der Waals surface area contributed by atoms with Crippen LogP contribution in [-0.2, 0) is 4.79 Å². The molecule has 170 valence electrons. The highest BCUT2D eigenvalue weighted by Gasteiger charge is 2.24. The SMILES string of the molecule is CN(C)C1CCN(c2ccc(NC(=O)c3ccc(NC(=O)C4CCCC4)c(Cl)c3)cc2)C1. The Hall–Kier alpha value is -2.57. The van der Waals surface area contributed by atoms with Crippen LogP contribution in [0.5, 0.6) is 0 Å². The highest BCUT2D eigenvalue weighted by atomic mass is 35.5. The van der Waals surface area contributed by atoms with Gasteiger partial charge in [-0.2, -0.15) is 0 Å². The lowest BCUT2D eigenvalue weighted by Crippen LogP contribution is -2.31. The van der Waals surface area contributed by atoms with Crippen LogP contribution >= 0.6 is 11.6 Å². The van der Waals surface area contributed by atoms with Crippen molar-refractivity contribution in [3.63, 3.8) is 0 Å². The zero-order chi connectivity index (χ0) is 22.7. The van der Waals surface area contributed by atoms with E-state index in [0.717, 1.165) is 56.6 Å². The number of nitrogens with zero attached hydrogens (tertiary/aromatic N) is 2. The third-order valence-corrected chi connectivity index (χ3v) is 6.91. The van der Waals surface area contributed by atoms with Crippen molar-refractivity contribution < 1.29 is 9.59 Å². The van der Waals surface area contributed by atoms with Crippen LogP contribution in [0.2, 0.25) is 5.02 Å². The molecule has 4 rings (SSSR count). The third kappa shape index (κ3) is 5.25. The fraction of sp³-hybridized carbons (Fsp3) is 0.440. The Kier molecular flexibility index (Phi) is 7.01. The van der Waals surface area contributed by atoms with Gasteiger partial charge in [0.2, 0.25) is 5.91 Å². The van der Waals surface area contributed by atoms with Crippen molar-refractivity contribution in [2.75, 3.05) is 42.7 Å². The summed E-state index contributed by atoms with van der Waals surface area (Å²) in [6, 6.07) is 13.5. The minimum absolute atomic E-state index is 0.0107. The van der Waals surface area contributed by atoms with Gasteiger partial charge in [-0.3, -0.25) is 9.59 Å². The van der Waals surface area contributed by atoms with Gasteiger partial charge in [0.1, 0.15) is 0 Å². The molecule has 1 unspecified atom stereocenters. The predicted molar refractivity (Wildman–Crippen MR) is 131 cm³/mol. The van der Waals surface area contributed by atoms with Gasteiger partial charge in [-0.25, -0.2) is 0 Å². The number of carbonyl (C=O) groups excluding carboxylic acids is 2. The van der Waals surface area contributed by atoms with Crippen molar-refractivity contribution in [2.24, 2.45) is 5.92 Å². The van der Waals surface area contributed by atoms with E-state index in [9.17, 15) is 9.59 Å². The molecular weight excluding hydrogens is 424 g/mol. The van der Waals surface area contributed by atoms with E-state index < -0.39 is 0 Å². The Morgan fingerprint density at radius 3 is 2.34 bits per heavy atom. The van der Waals surface area contributed by atoms with E-state index in [1.54, 1.807) is 18.2 Å². The minimum atomic E-state index is -0.234. The minimum Gasteiger partial charge on any atom is -0.370 e. The van der Waals surface area contributed by atoms with E-state index >= 15 is 0 Å². The van der Waals surface area contributed by atoms with Gasteiger partial charge in [0.05, 0.1) is 10.7 Å². The number of rotatable bonds is 6. The number of hydrogen-bond acceptors (Lipinski definition) is 4. The molecule has 2 aromatic rings. The molecule has 7 heteroatoms. The number of likely N-dealkylation sites (N-methyl/N-ethyl adjacent to an activating group) is 1. The maximum Gasteiger partial charge on any atom is 0.255 e. The topological polar surface area (TPSA) is 64.7 Å². The standard InChI is InChI=1S/C25H31ClN4O2/c1-29(2)21-13-14-30(16-21)20-10-8-19(9-11-20)27-25(32)18-7-12-23(22(26)15-18)28-24(31)17-5-3-4-6-17/h7-12,15,17,21H,3-6,13-14,16H2,1-2H3,(H,27,32)(H,28,31). The summed E-state index contributed by atoms with van der Waals surface area (Å²) >= 11 is 6.35. The molecule has 1 atom stereocenters. The Labute approximate surface area is 194 Å². The van der Waals surface area contributed by atoms with Gasteiger partial charge in [-0.05, 0) is 75.8 Å². The van der Waals surface area contributed by atoms with Crippen molar-refractivity contribution in [3.05, 3.63) is 53.1 Å². The number of anilines is 3. The highest BCUT2D eigenvalue weighted by molar-refractivity contribution is 6.34. The molecule has 0 bridgehead atoms. The Morgan fingerprint density at radius 2 is 1.72 bits per heavy atom. The fourth-order valence-electron chi connectivity index (χ4n) is 4.54. The molecular formula is C25H31ClN4O2. The molecule has 1 aliphatic carbocycles. The summed E-state index contributed by atoms with van der Waals surface area (Å²) in [5.74, 6) is -0.162. The maximum absolute atomic E-state index is 12.7. The normalized spacial score (nSPS) is 18.9. The third-order valence-electron chi connectivity index (χ3n) is 6.60. The van der Waals surface area contributed by atoms with Crippen LogP contribution in [0.15, 0.2) is 42.5 Å². The number of benzene rings is 2. The summed E-state index contributed by atoms with van der Waals surface area (Å²) in [7, 11) is 4.24. The van der Waals surface area contributed by atoms with Crippen LogP contribution in [0, 0.1) is 5.92 Å². The number of nitrogens with one attached hydrogen (secondary N) is 2. The first-order chi connectivity index (χ1) is 15.4. The average molecular weight is 455 g/mol. The molecule has 2 N–H and O–H groups in total. The first-order valence-electron chi connectivity index (χ1n) is 11.3. The maximum atomic E-state index is 12.7. The van der Waals surface area contributed by atoms with Crippen molar-refractivity contribution in [3.8, 4) is 0 Å². The lowest BCUT2D eigenvalue weighted by molar-refractivity contribution is -0.119. The molecule has 1 heterocycles. The van der Waals surface area contributed by atoms with E-state index in [2.05, 4.69) is 34.5 Å². The van der Waals surface area contributed by atoms with E-state index in [4.69, 9.17) is 11.6 Å². The lowest BCUT2D eigenvalue weighted by atomic mass is 10.1. The number of halogens is 1. The Balaban J connectivity index is 1.35. The molecule has 0 spiro atoms. The molecule has 2 aromatic carbocycles. The average Bonchev–Trinajstić information content (AvgIpc) is 3.48. The van der Waals surface area contributed by atoms with E-state index in [1.165, 1.54) is 0 Å². The van der Waals surface area contributed by atoms with Crippen molar-refractivity contribution in [1.29, 1.82) is 0 Å². The smallest absolute Gasteiger partial charge is 0.255 e. The van der Waals surface area contributed by atoms with Gasteiger partial charge in [0.25, 0.3) is 5.91 Å². The number of hydrogen-bond donors (Lipinski definition) is 2. The van der Waals surface area contributed by atoms with Crippen molar-refractivity contribution >= 4 is 40.5 Å². The molecule has 2 aliphatic rings. The zero-order valence-electron chi connectivity index (χ0n) is 18.7. The summed E-state index contributed by atoms with van der Waals surface area (Å²) < 4.78 is 0. The molecule has 1 aliphatic heterocycles.